The summed E-state index contributed by atoms with van der Waals surface area (Å²) < 4.78 is 30.4. The van der Waals surface area contributed by atoms with Gasteiger partial charge in [-0.3, -0.25) is 9.79 Å². The molecule has 0 unspecified atom stereocenters. The smallest absolute Gasteiger partial charge is 0.387 e. The van der Waals surface area contributed by atoms with E-state index < -0.39 is 6.61 Å². The standard InChI is InChI=1S/C14H14F2N2O2S2/c15-13(16)20-10-4-2-1-3-9(10)18-7-5-11(12(18)19)22-14-17-6-8-21-14/h1-4,11,13H,5-8H2/t11-/m0/s1. The highest BCUT2D eigenvalue weighted by Gasteiger charge is 2.36. The van der Waals surface area contributed by atoms with Gasteiger partial charge in [-0.15, -0.1) is 0 Å². The summed E-state index contributed by atoms with van der Waals surface area (Å²) in [6, 6.07) is 6.40. The first-order valence-corrected chi connectivity index (χ1v) is 8.71. The van der Waals surface area contributed by atoms with Crippen molar-refractivity contribution in [1.29, 1.82) is 0 Å². The highest BCUT2D eigenvalue weighted by molar-refractivity contribution is 8.39. The predicted molar refractivity (Wildman–Crippen MR) is 86.2 cm³/mol. The van der Waals surface area contributed by atoms with Gasteiger partial charge in [0.2, 0.25) is 5.91 Å². The summed E-state index contributed by atoms with van der Waals surface area (Å²) in [6.45, 7) is -1.62. The number of nitrogens with zero attached hydrogens (tertiary/aromatic N) is 2. The molecule has 1 aromatic carbocycles. The maximum absolute atomic E-state index is 12.5. The minimum absolute atomic E-state index is 0.0316. The van der Waals surface area contributed by atoms with E-state index in [9.17, 15) is 13.6 Å². The molecule has 1 saturated heterocycles. The van der Waals surface area contributed by atoms with Crippen LogP contribution in [-0.4, -0.2) is 41.0 Å². The van der Waals surface area contributed by atoms with Crippen LogP contribution in [0.2, 0.25) is 0 Å². The normalized spacial score (nSPS) is 21.6. The number of halogens is 2. The van der Waals surface area contributed by atoms with Gasteiger partial charge in [0.05, 0.1) is 17.5 Å². The monoisotopic (exact) mass is 344 g/mol. The molecule has 4 nitrogen and oxygen atoms in total. The van der Waals surface area contributed by atoms with Gasteiger partial charge in [0.15, 0.2) is 0 Å². The quantitative estimate of drug-likeness (QED) is 0.841. The molecule has 0 aromatic heterocycles. The second kappa shape index (κ2) is 6.87. The zero-order valence-corrected chi connectivity index (χ0v) is 13.2. The highest BCUT2D eigenvalue weighted by atomic mass is 32.2. The Hall–Kier alpha value is -1.28. The molecular weight excluding hydrogens is 330 g/mol. The summed E-state index contributed by atoms with van der Waals surface area (Å²) in [5.41, 5.74) is 0.400. The molecule has 0 N–H and O–H groups in total. The number of benzene rings is 1. The molecule has 118 valence electrons. The van der Waals surface area contributed by atoms with Gasteiger partial charge in [-0.2, -0.15) is 8.78 Å². The molecule has 8 heteroatoms. The molecule has 2 aliphatic heterocycles. The van der Waals surface area contributed by atoms with Gasteiger partial charge in [0, 0.05) is 12.3 Å². The topological polar surface area (TPSA) is 41.9 Å². The number of para-hydroxylation sites is 2. The van der Waals surface area contributed by atoms with Crippen molar-refractivity contribution in [2.45, 2.75) is 18.3 Å². The lowest BCUT2D eigenvalue weighted by Crippen LogP contribution is -2.29. The van der Waals surface area contributed by atoms with Crippen LogP contribution in [0.25, 0.3) is 0 Å². The maximum Gasteiger partial charge on any atom is 0.387 e. The van der Waals surface area contributed by atoms with E-state index in [1.54, 1.807) is 30.0 Å². The first-order valence-electron chi connectivity index (χ1n) is 6.84. The van der Waals surface area contributed by atoms with Gasteiger partial charge in [0.1, 0.15) is 10.1 Å². The molecule has 22 heavy (non-hydrogen) atoms. The van der Waals surface area contributed by atoms with E-state index in [4.69, 9.17) is 0 Å². The van der Waals surface area contributed by atoms with Crippen LogP contribution in [0.3, 0.4) is 0 Å². The van der Waals surface area contributed by atoms with Gasteiger partial charge in [-0.1, -0.05) is 35.7 Å². The summed E-state index contributed by atoms with van der Waals surface area (Å²) in [5, 5.41) is -0.205. The third kappa shape index (κ3) is 3.38. The van der Waals surface area contributed by atoms with Crippen molar-refractivity contribution in [2.75, 3.05) is 23.7 Å². The van der Waals surface area contributed by atoms with Crippen molar-refractivity contribution in [3.8, 4) is 5.75 Å². The van der Waals surface area contributed by atoms with Gasteiger partial charge < -0.3 is 9.64 Å². The number of thioether (sulfide) groups is 2. The third-order valence-corrected chi connectivity index (χ3v) is 5.79. The molecule has 3 rings (SSSR count). The van der Waals surface area contributed by atoms with Crippen molar-refractivity contribution < 1.29 is 18.3 Å². The first kappa shape index (κ1) is 15.6. The minimum atomic E-state index is -2.91. The Labute approximate surface area is 135 Å². The second-order valence-corrected chi connectivity index (χ2v) is 7.26. The van der Waals surface area contributed by atoms with Crippen molar-refractivity contribution in [3.63, 3.8) is 0 Å². The average Bonchev–Trinajstić information content (AvgIpc) is 3.11. The second-order valence-electron chi connectivity index (χ2n) is 4.73. The van der Waals surface area contributed by atoms with Crippen LogP contribution in [0.15, 0.2) is 29.3 Å². The molecule has 0 saturated carbocycles. The van der Waals surface area contributed by atoms with E-state index in [2.05, 4.69) is 9.73 Å². The number of carbonyl (C=O) groups is 1. The molecule has 0 spiro atoms. The molecule has 1 atom stereocenters. The number of hydrogen-bond acceptors (Lipinski definition) is 5. The van der Waals surface area contributed by atoms with E-state index in [-0.39, 0.29) is 16.9 Å². The molecule has 0 radical (unpaired) electrons. The zero-order chi connectivity index (χ0) is 15.5. The molecule has 1 amide bonds. The summed E-state index contributed by atoms with van der Waals surface area (Å²) in [5.74, 6) is 0.910. The van der Waals surface area contributed by atoms with Crippen LogP contribution in [0.1, 0.15) is 6.42 Å². The number of rotatable bonds is 4. The van der Waals surface area contributed by atoms with E-state index in [0.717, 1.165) is 16.7 Å². The summed E-state index contributed by atoms with van der Waals surface area (Å²) in [4.78, 5) is 18.4. The predicted octanol–water partition coefficient (Wildman–Crippen LogP) is 3.23. The van der Waals surface area contributed by atoms with Gasteiger partial charge in [-0.05, 0) is 18.6 Å². The first-order chi connectivity index (χ1) is 10.6. The Morgan fingerprint density at radius 1 is 1.41 bits per heavy atom. The van der Waals surface area contributed by atoms with Crippen molar-refractivity contribution in [1.82, 2.24) is 0 Å². The number of amides is 1. The lowest BCUT2D eigenvalue weighted by atomic mass is 10.2. The summed E-state index contributed by atoms with van der Waals surface area (Å²) in [7, 11) is 0. The number of alkyl halides is 2. The fourth-order valence-corrected chi connectivity index (χ4v) is 4.66. The van der Waals surface area contributed by atoms with Crippen LogP contribution >= 0.6 is 23.5 Å². The van der Waals surface area contributed by atoms with Gasteiger partial charge >= 0.3 is 6.61 Å². The van der Waals surface area contributed by atoms with E-state index in [1.165, 1.54) is 22.7 Å². The lowest BCUT2D eigenvalue weighted by molar-refractivity contribution is -0.116. The minimum Gasteiger partial charge on any atom is -0.433 e. The lowest BCUT2D eigenvalue weighted by Gasteiger charge is -2.20. The van der Waals surface area contributed by atoms with Gasteiger partial charge in [0.25, 0.3) is 0 Å². The molecule has 0 bridgehead atoms. The molecule has 1 fully saturated rings. The van der Waals surface area contributed by atoms with Crippen molar-refractivity contribution in [2.24, 2.45) is 4.99 Å². The Bertz CT molecular complexity index is 598. The number of ether oxygens (including phenoxy) is 1. The fraction of sp³-hybridized carbons (Fsp3) is 0.429. The number of anilines is 1. The number of aliphatic imine (C=N–C) groups is 1. The Balaban J connectivity index is 1.74. The largest absolute Gasteiger partial charge is 0.433 e. The van der Waals surface area contributed by atoms with Gasteiger partial charge in [-0.25, -0.2) is 0 Å². The SMILES string of the molecule is O=C1[C@@H](SC2=NCCS2)CCN1c1ccccc1OC(F)F. The molecule has 1 aromatic rings. The van der Waals surface area contributed by atoms with Crippen molar-refractivity contribution in [3.05, 3.63) is 24.3 Å². The molecule has 2 heterocycles. The Morgan fingerprint density at radius 2 is 2.23 bits per heavy atom. The Kier molecular flexibility index (Phi) is 4.87. The molecule has 0 aliphatic carbocycles. The molecular formula is C14H14F2N2O2S2. The Morgan fingerprint density at radius 3 is 2.95 bits per heavy atom. The number of carbonyl (C=O) groups excluding carboxylic acids is 1. The van der Waals surface area contributed by atoms with Crippen molar-refractivity contribution >= 4 is 39.5 Å². The van der Waals surface area contributed by atoms with E-state index in [1.807, 2.05) is 0 Å². The maximum atomic E-state index is 12.5. The van der Waals surface area contributed by atoms with Crippen LogP contribution in [0, 0.1) is 0 Å². The summed E-state index contributed by atoms with van der Waals surface area (Å²) >= 11 is 3.13. The van der Waals surface area contributed by atoms with E-state index in [0.29, 0.717) is 18.7 Å². The van der Waals surface area contributed by atoms with Crippen LogP contribution in [0.5, 0.6) is 5.75 Å². The zero-order valence-electron chi connectivity index (χ0n) is 11.6. The third-order valence-electron chi connectivity index (χ3n) is 3.33. The molecule has 2 aliphatic rings. The van der Waals surface area contributed by atoms with Crippen LogP contribution in [0.4, 0.5) is 14.5 Å². The highest BCUT2D eigenvalue weighted by Crippen LogP contribution is 2.37. The van der Waals surface area contributed by atoms with E-state index >= 15 is 0 Å². The fourth-order valence-electron chi connectivity index (χ4n) is 2.39. The summed E-state index contributed by atoms with van der Waals surface area (Å²) in [6.07, 6.45) is 0.673. The van der Waals surface area contributed by atoms with Crippen LogP contribution in [-0.2, 0) is 4.79 Å². The number of hydrogen-bond donors (Lipinski definition) is 0. The average molecular weight is 344 g/mol. The van der Waals surface area contributed by atoms with Crippen LogP contribution < -0.4 is 9.64 Å².